The Morgan fingerprint density at radius 1 is 0.966 bits per heavy atom. The van der Waals surface area contributed by atoms with E-state index in [0.717, 1.165) is 37.1 Å². The molecule has 1 fully saturated rings. The fourth-order valence-corrected chi connectivity index (χ4v) is 5.66. The molecular formula is C24H28N2O2S. The lowest BCUT2D eigenvalue weighted by Crippen LogP contribution is -2.37. The molecule has 1 aliphatic rings. The first-order valence-electron chi connectivity index (χ1n) is 10.2. The molecule has 0 saturated carbocycles. The van der Waals surface area contributed by atoms with Crippen molar-refractivity contribution in [1.82, 2.24) is 9.62 Å². The average molecular weight is 409 g/mol. The Morgan fingerprint density at radius 2 is 1.69 bits per heavy atom. The molecule has 0 amide bonds. The van der Waals surface area contributed by atoms with Crippen LogP contribution in [0.2, 0.25) is 0 Å². The van der Waals surface area contributed by atoms with Gasteiger partial charge in [0.15, 0.2) is 0 Å². The summed E-state index contributed by atoms with van der Waals surface area (Å²) in [6.07, 6.45) is 2.32. The van der Waals surface area contributed by atoms with E-state index in [4.69, 9.17) is 0 Å². The van der Waals surface area contributed by atoms with Crippen LogP contribution in [0.4, 0.5) is 0 Å². The highest BCUT2D eigenvalue weighted by Gasteiger charge is 2.27. The summed E-state index contributed by atoms with van der Waals surface area (Å²) in [5.41, 5.74) is 3.03. The molecule has 1 aliphatic heterocycles. The van der Waals surface area contributed by atoms with E-state index >= 15 is 0 Å². The lowest BCUT2D eigenvalue weighted by Gasteiger charge is -2.29. The van der Waals surface area contributed by atoms with Crippen LogP contribution in [-0.2, 0) is 10.0 Å². The summed E-state index contributed by atoms with van der Waals surface area (Å²) < 4.78 is 29.0. The maximum Gasteiger partial charge on any atom is 0.240 e. The molecule has 0 aromatic heterocycles. The van der Waals surface area contributed by atoms with Crippen LogP contribution < -0.4 is 4.72 Å². The zero-order valence-electron chi connectivity index (χ0n) is 17.1. The van der Waals surface area contributed by atoms with Crippen molar-refractivity contribution in [2.75, 3.05) is 19.6 Å². The predicted octanol–water partition coefficient (Wildman–Crippen LogP) is 4.57. The SMILES string of the molecule is Cc1ccc(S(=O)(=O)NC[C@@H](c2cccc3ccccc23)N2CCCC2)c(C)c1. The standard InChI is InChI=1S/C24H28N2O2S/c1-18-12-13-24(19(2)16-18)29(27,28)25-17-23(26-14-5-6-15-26)22-11-7-9-20-8-3-4-10-21(20)22/h3-4,7-13,16,23,25H,5-6,14-15,17H2,1-2H3/t23-/m0/s1. The first-order valence-corrected chi connectivity index (χ1v) is 11.7. The van der Waals surface area contributed by atoms with E-state index in [2.05, 4.69) is 40.0 Å². The molecule has 0 radical (unpaired) electrons. The number of hydrogen-bond donors (Lipinski definition) is 1. The minimum Gasteiger partial charge on any atom is -0.295 e. The van der Waals surface area contributed by atoms with Gasteiger partial charge in [-0.05, 0) is 67.7 Å². The monoisotopic (exact) mass is 408 g/mol. The molecule has 1 saturated heterocycles. The van der Waals surface area contributed by atoms with Crippen molar-refractivity contribution in [3.05, 3.63) is 77.4 Å². The van der Waals surface area contributed by atoms with Crippen LogP contribution in [0.15, 0.2) is 65.6 Å². The van der Waals surface area contributed by atoms with Gasteiger partial charge < -0.3 is 0 Å². The van der Waals surface area contributed by atoms with Crippen LogP contribution in [0.25, 0.3) is 10.8 Å². The van der Waals surface area contributed by atoms with Gasteiger partial charge in [-0.1, -0.05) is 60.2 Å². The third-order valence-corrected chi connectivity index (χ3v) is 7.43. The Bertz CT molecular complexity index is 1110. The summed E-state index contributed by atoms with van der Waals surface area (Å²) in [6, 6.07) is 20.1. The first kappa shape index (κ1) is 20.1. The molecule has 5 heteroatoms. The maximum absolute atomic E-state index is 13.0. The Hall–Kier alpha value is -2.21. The van der Waals surface area contributed by atoms with Gasteiger partial charge in [0, 0.05) is 12.6 Å². The third kappa shape index (κ3) is 4.22. The molecule has 29 heavy (non-hydrogen) atoms. The summed E-state index contributed by atoms with van der Waals surface area (Å²) >= 11 is 0. The van der Waals surface area contributed by atoms with E-state index in [1.165, 1.54) is 16.3 Å². The quantitative estimate of drug-likeness (QED) is 0.650. The van der Waals surface area contributed by atoms with Crippen LogP contribution in [0, 0.1) is 13.8 Å². The minimum absolute atomic E-state index is 0.0177. The Morgan fingerprint density at radius 3 is 2.45 bits per heavy atom. The van der Waals surface area contributed by atoms with Crippen molar-refractivity contribution in [1.29, 1.82) is 0 Å². The molecule has 4 nitrogen and oxygen atoms in total. The van der Waals surface area contributed by atoms with E-state index in [9.17, 15) is 8.42 Å². The number of rotatable bonds is 6. The van der Waals surface area contributed by atoms with Gasteiger partial charge in [0.2, 0.25) is 10.0 Å². The fourth-order valence-electron chi connectivity index (χ4n) is 4.40. The maximum atomic E-state index is 13.0. The molecule has 1 N–H and O–H groups in total. The van der Waals surface area contributed by atoms with Crippen LogP contribution in [-0.4, -0.2) is 33.0 Å². The zero-order valence-corrected chi connectivity index (χ0v) is 17.9. The van der Waals surface area contributed by atoms with Crippen LogP contribution >= 0.6 is 0 Å². The van der Waals surface area contributed by atoms with Crippen molar-refractivity contribution >= 4 is 20.8 Å². The number of aryl methyl sites for hydroxylation is 2. The van der Waals surface area contributed by atoms with E-state index in [1.54, 1.807) is 6.07 Å². The van der Waals surface area contributed by atoms with Crippen molar-refractivity contribution in [3.63, 3.8) is 0 Å². The van der Waals surface area contributed by atoms with E-state index in [-0.39, 0.29) is 6.04 Å². The molecule has 3 aromatic carbocycles. The van der Waals surface area contributed by atoms with Crippen molar-refractivity contribution in [2.24, 2.45) is 0 Å². The van der Waals surface area contributed by atoms with Gasteiger partial charge in [-0.15, -0.1) is 0 Å². The van der Waals surface area contributed by atoms with Gasteiger partial charge in [0.1, 0.15) is 0 Å². The van der Waals surface area contributed by atoms with Gasteiger partial charge in [0.05, 0.1) is 4.90 Å². The average Bonchev–Trinajstić information content (AvgIpc) is 3.22. The largest absolute Gasteiger partial charge is 0.295 e. The first-order chi connectivity index (χ1) is 14.0. The molecule has 0 aliphatic carbocycles. The lowest BCUT2D eigenvalue weighted by molar-refractivity contribution is 0.248. The lowest BCUT2D eigenvalue weighted by atomic mass is 9.98. The van der Waals surface area contributed by atoms with Gasteiger partial charge in [-0.2, -0.15) is 0 Å². The van der Waals surface area contributed by atoms with E-state index in [0.29, 0.717) is 11.4 Å². The topological polar surface area (TPSA) is 49.4 Å². The van der Waals surface area contributed by atoms with Crippen LogP contribution in [0.3, 0.4) is 0 Å². The molecular weight excluding hydrogens is 380 g/mol. The minimum atomic E-state index is -3.57. The number of nitrogens with zero attached hydrogens (tertiary/aromatic N) is 1. The molecule has 0 bridgehead atoms. The van der Waals surface area contributed by atoms with Gasteiger partial charge >= 0.3 is 0 Å². The summed E-state index contributed by atoms with van der Waals surface area (Å²) in [5.74, 6) is 0. The number of likely N-dealkylation sites (tertiary alicyclic amines) is 1. The molecule has 1 heterocycles. The number of hydrogen-bond acceptors (Lipinski definition) is 3. The second-order valence-electron chi connectivity index (χ2n) is 7.95. The van der Waals surface area contributed by atoms with Gasteiger partial charge in [-0.25, -0.2) is 13.1 Å². The summed E-state index contributed by atoms with van der Waals surface area (Å²) in [5, 5.41) is 2.38. The predicted molar refractivity (Wildman–Crippen MR) is 119 cm³/mol. The van der Waals surface area contributed by atoms with Crippen LogP contribution in [0.1, 0.15) is 35.6 Å². The molecule has 0 unspecified atom stereocenters. The van der Waals surface area contributed by atoms with Crippen LogP contribution in [0.5, 0.6) is 0 Å². The van der Waals surface area contributed by atoms with Crippen molar-refractivity contribution < 1.29 is 8.42 Å². The highest BCUT2D eigenvalue weighted by Crippen LogP contribution is 2.31. The number of fused-ring (bicyclic) bond motifs is 1. The number of nitrogens with one attached hydrogen (secondary N) is 1. The third-order valence-electron chi connectivity index (χ3n) is 5.85. The Labute approximate surface area is 173 Å². The zero-order chi connectivity index (χ0) is 20.4. The highest BCUT2D eigenvalue weighted by atomic mass is 32.2. The second-order valence-corrected chi connectivity index (χ2v) is 9.68. The number of benzene rings is 3. The highest BCUT2D eigenvalue weighted by molar-refractivity contribution is 7.89. The van der Waals surface area contributed by atoms with Crippen molar-refractivity contribution in [3.8, 4) is 0 Å². The van der Waals surface area contributed by atoms with Gasteiger partial charge in [0.25, 0.3) is 0 Å². The Kier molecular flexibility index (Phi) is 5.72. The molecule has 152 valence electrons. The smallest absolute Gasteiger partial charge is 0.240 e. The number of sulfonamides is 1. The second kappa shape index (κ2) is 8.27. The van der Waals surface area contributed by atoms with Crippen molar-refractivity contribution in [2.45, 2.75) is 37.6 Å². The molecule has 3 aromatic rings. The van der Waals surface area contributed by atoms with Gasteiger partial charge in [-0.3, -0.25) is 4.90 Å². The fraction of sp³-hybridized carbons (Fsp3) is 0.333. The Balaban J connectivity index is 1.66. The normalized spacial score (nSPS) is 16.3. The molecule has 0 spiro atoms. The van der Waals surface area contributed by atoms with E-state index in [1.807, 2.05) is 38.1 Å². The summed E-state index contributed by atoms with van der Waals surface area (Å²) in [7, 11) is -3.57. The molecule has 1 atom stereocenters. The summed E-state index contributed by atoms with van der Waals surface area (Å²) in [6.45, 7) is 6.19. The molecule has 4 rings (SSSR count). The van der Waals surface area contributed by atoms with E-state index < -0.39 is 10.0 Å². The summed E-state index contributed by atoms with van der Waals surface area (Å²) in [4.78, 5) is 2.77.